The Hall–Kier alpha value is -2.08. The second-order valence-corrected chi connectivity index (χ2v) is 5.67. The standard InChI is InChI=1S/C17H26N2O4/c1-12(13(2)23-3)18-17(22)19-15(9-10-16(20)21)11-14-7-5-4-6-8-14/h4-8,12-13,15H,9-11H2,1-3H3,(H,20,21)(H2,18,19,22)/t12-,13?,15?/m1/s1. The van der Waals surface area contributed by atoms with Gasteiger partial charge in [-0.3, -0.25) is 4.79 Å². The molecule has 0 radical (unpaired) electrons. The molecule has 23 heavy (non-hydrogen) atoms. The predicted molar refractivity (Wildman–Crippen MR) is 88.4 cm³/mol. The van der Waals surface area contributed by atoms with Crippen molar-refractivity contribution in [1.29, 1.82) is 0 Å². The summed E-state index contributed by atoms with van der Waals surface area (Å²) in [4.78, 5) is 22.9. The minimum absolute atomic E-state index is 0.0157. The Kier molecular flexibility index (Phi) is 8.11. The SMILES string of the molecule is COC(C)[C@@H](C)NC(=O)NC(CCC(=O)O)Cc1ccccc1. The summed E-state index contributed by atoms with van der Waals surface area (Å²) >= 11 is 0. The number of hydrogen-bond donors (Lipinski definition) is 3. The lowest BCUT2D eigenvalue weighted by atomic mass is 10.0. The summed E-state index contributed by atoms with van der Waals surface area (Å²) in [5.41, 5.74) is 1.06. The molecule has 128 valence electrons. The van der Waals surface area contributed by atoms with Crippen LogP contribution < -0.4 is 10.6 Å². The highest BCUT2D eigenvalue weighted by Crippen LogP contribution is 2.08. The van der Waals surface area contributed by atoms with Gasteiger partial charge in [-0.1, -0.05) is 30.3 Å². The Balaban J connectivity index is 2.61. The number of nitrogens with one attached hydrogen (secondary N) is 2. The van der Waals surface area contributed by atoms with Gasteiger partial charge in [-0.15, -0.1) is 0 Å². The van der Waals surface area contributed by atoms with Gasteiger partial charge in [0.1, 0.15) is 0 Å². The van der Waals surface area contributed by atoms with Gasteiger partial charge >= 0.3 is 12.0 Å². The molecule has 2 unspecified atom stereocenters. The van der Waals surface area contributed by atoms with E-state index in [1.54, 1.807) is 7.11 Å². The Morgan fingerprint density at radius 3 is 2.39 bits per heavy atom. The van der Waals surface area contributed by atoms with Crippen LogP contribution in [-0.2, 0) is 16.0 Å². The van der Waals surface area contributed by atoms with Crippen LogP contribution in [0, 0.1) is 0 Å². The number of methoxy groups -OCH3 is 1. The van der Waals surface area contributed by atoms with E-state index in [4.69, 9.17) is 9.84 Å². The van der Waals surface area contributed by atoms with Gasteiger partial charge < -0.3 is 20.5 Å². The Morgan fingerprint density at radius 2 is 1.83 bits per heavy atom. The second-order valence-electron chi connectivity index (χ2n) is 5.67. The van der Waals surface area contributed by atoms with Crippen molar-refractivity contribution in [1.82, 2.24) is 10.6 Å². The number of amides is 2. The fourth-order valence-corrected chi connectivity index (χ4v) is 2.18. The monoisotopic (exact) mass is 322 g/mol. The lowest BCUT2D eigenvalue weighted by Crippen LogP contribution is -2.49. The van der Waals surface area contributed by atoms with E-state index in [1.165, 1.54) is 0 Å². The van der Waals surface area contributed by atoms with Crippen molar-refractivity contribution in [3.8, 4) is 0 Å². The van der Waals surface area contributed by atoms with Crippen LogP contribution in [0.15, 0.2) is 30.3 Å². The number of hydrogen-bond acceptors (Lipinski definition) is 3. The van der Waals surface area contributed by atoms with Gasteiger partial charge in [0.2, 0.25) is 0 Å². The number of carboxylic acids is 1. The van der Waals surface area contributed by atoms with E-state index in [0.29, 0.717) is 12.8 Å². The number of carboxylic acid groups (broad SMARTS) is 1. The predicted octanol–water partition coefficient (Wildman–Crippen LogP) is 2.19. The first-order valence-electron chi connectivity index (χ1n) is 7.78. The zero-order valence-corrected chi connectivity index (χ0v) is 13.9. The molecular weight excluding hydrogens is 296 g/mol. The summed E-state index contributed by atoms with van der Waals surface area (Å²) in [6.45, 7) is 3.73. The van der Waals surface area contributed by atoms with Crippen LogP contribution in [0.2, 0.25) is 0 Å². The molecule has 2 amide bonds. The summed E-state index contributed by atoms with van der Waals surface area (Å²) < 4.78 is 5.17. The van der Waals surface area contributed by atoms with Gasteiger partial charge in [-0.2, -0.15) is 0 Å². The first-order chi connectivity index (χ1) is 10.9. The van der Waals surface area contributed by atoms with Gasteiger partial charge in [0, 0.05) is 19.6 Å². The van der Waals surface area contributed by atoms with E-state index >= 15 is 0 Å². The Bertz CT molecular complexity index is 493. The van der Waals surface area contributed by atoms with E-state index < -0.39 is 5.97 Å². The number of aliphatic carboxylic acids is 1. The highest BCUT2D eigenvalue weighted by atomic mass is 16.5. The normalized spacial score (nSPS) is 14.6. The molecule has 0 aliphatic carbocycles. The third-order valence-corrected chi connectivity index (χ3v) is 3.80. The number of benzene rings is 1. The molecule has 0 aromatic heterocycles. The molecule has 0 spiro atoms. The zero-order valence-electron chi connectivity index (χ0n) is 13.9. The molecule has 6 nitrogen and oxygen atoms in total. The molecule has 6 heteroatoms. The zero-order chi connectivity index (χ0) is 17.2. The minimum atomic E-state index is -0.869. The van der Waals surface area contributed by atoms with Gasteiger partial charge in [0.15, 0.2) is 0 Å². The maximum Gasteiger partial charge on any atom is 0.315 e. The fourth-order valence-electron chi connectivity index (χ4n) is 2.18. The van der Waals surface area contributed by atoms with E-state index in [1.807, 2.05) is 44.2 Å². The fraction of sp³-hybridized carbons (Fsp3) is 0.529. The van der Waals surface area contributed by atoms with Crippen molar-refractivity contribution in [2.45, 2.75) is 51.3 Å². The molecule has 0 heterocycles. The van der Waals surface area contributed by atoms with Crippen LogP contribution in [0.5, 0.6) is 0 Å². The first kappa shape index (κ1) is 19.0. The molecule has 1 rings (SSSR count). The van der Waals surface area contributed by atoms with Crippen molar-refractivity contribution in [3.63, 3.8) is 0 Å². The highest BCUT2D eigenvalue weighted by Gasteiger charge is 2.18. The molecule has 0 aliphatic rings. The van der Waals surface area contributed by atoms with Crippen molar-refractivity contribution in [3.05, 3.63) is 35.9 Å². The number of carbonyl (C=O) groups is 2. The van der Waals surface area contributed by atoms with E-state index in [2.05, 4.69) is 10.6 Å². The van der Waals surface area contributed by atoms with Crippen molar-refractivity contribution < 1.29 is 19.4 Å². The average Bonchev–Trinajstić information content (AvgIpc) is 2.52. The quantitative estimate of drug-likeness (QED) is 0.650. The summed E-state index contributed by atoms with van der Waals surface area (Å²) in [6.07, 6.45) is 0.885. The van der Waals surface area contributed by atoms with Gasteiger partial charge in [0.25, 0.3) is 0 Å². The van der Waals surface area contributed by atoms with E-state index in [-0.39, 0.29) is 30.6 Å². The third-order valence-electron chi connectivity index (χ3n) is 3.80. The maximum atomic E-state index is 12.1. The summed E-state index contributed by atoms with van der Waals surface area (Å²) in [6, 6.07) is 9.00. The molecule has 3 N–H and O–H groups in total. The molecule has 0 saturated carbocycles. The summed E-state index contributed by atoms with van der Waals surface area (Å²) in [5.74, 6) is -0.869. The average molecular weight is 322 g/mol. The van der Waals surface area contributed by atoms with Crippen LogP contribution >= 0.6 is 0 Å². The largest absolute Gasteiger partial charge is 0.481 e. The Labute approximate surface area is 137 Å². The van der Waals surface area contributed by atoms with Gasteiger partial charge in [-0.25, -0.2) is 4.79 Å². The molecule has 0 bridgehead atoms. The summed E-state index contributed by atoms with van der Waals surface area (Å²) in [7, 11) is 1.59. The Morgan fingerprint density at radius 1 is 1.17 bits per heavy atom. The highest BCUT2D eigenvalue weighted by molar-refractivity contribution is 5.74. The topological polar surface area (TPSA) is 87.7 Å². The molecule has 1 aromatic rings. The van der Waals surface area contributed by atoms with Gasteiger partial charge in [0.05, 0.1) is 12.1 Å². The first-order valence-corrected chi connectivity index (χ1v) is 7.78. The molecule has 0 fully saturated rings. The van der Waals surface area contributed by atoms with Crippen LogP contribution in [0.3, 0.4) is 0 Å². The second kappa shape index (κ2) is 9.84. The van der Waals surface area contributed by atoms with Crippen molar-refractivity contribution in [2.24, 2.45) is 0 Å². The van der Waals surface area contributed by atoms with Gasteiger partial charge in [-0.05, 0) is 32.3 Å². The van der Waals surface area contributed by atoms with Crippen LogP contribution in [0.4, 0.5) is 4.79 Å². The molecule has 1 aromatic carbocycles. The lowest BCUT2D eigenvalue weighted by Gasteiger charge is -2.23. The number of ether oxygens (including phenoxy) is 1. The number of urea groups is 1. The van der Waals surface area contributed by atoms with E-state index in [0.717, 1.165) is 5.56 Å². The lowest BCUT2D eigenvalue weighted by molar-refractivity contribution is -0.137. The van der Waals surface area contributed by atoms with Crippen LogP contribution in [0.1, 0.15) is 32.3 Å². The maximum absolute atomic E-state index is 12.1. The molecular formula is C17H26N2O4. The van der Waals surface area contributed by atoms with Crippen molar-refractivity contribution in [2.75, 3.05) is 7.11 Å². The molecule has 0 aliphatic heterocycles. The van der Waals surface area contributed by atoms with Crippen LogP contribution in [-0.4, -0.2) is 42.4 Å². The molecule has 3 atom stereocenters. The van der Waals surface area contributed by atoms with Crippen molar-refractivity contribution >= 4 is 12.0 Å². The van der Waals surface area contributed by atoms with Crippen LogP contribution in [0.25, 0.3) is 0 Å². The number of rotatable bonds is 9. The third kappa shape index (κ3) is 7.65. The van der Waals surface area contributed by atoms with E-state index in [9.17, 15) is 9.59 Å². The molecule has 0 saturated heterocycles. The smallest absolute Gasteiger partial charge is 0.315 e. The minimum Gasteiger partial charge on any atom is -0.481 e. The summed E-state index contributed by atoms with van der Waals surface area (Å²) in [5, 5.41) is 14.5. The number of carbonyl (C=O) groups excluding carboxylic acids is 1.